The maximum absolute atomic E-state index is 12.7. The predicted molar refractivity (Wildman–Crippen MR) is 104 cm³/mol. The van der Waals surface area contributed by atoms with Crippen LogP contribution in [0.1, 0.15) is 74.1 Å². The number of rotatable bonds is 7. The molecule has 1 aliphatic heterocycles. The Morgan fingerprint density at radius 1 is 1.17 bits per heavy atom. The summed E-state index contributed by atoms with van der Waals surface area (Å²) in [7, 11) is 0. The average molecular weight is 353 g/mol. The first-order valence-electron chi connectivity index (χ1n) is 9.20. The number of unbranched alkanes of at least 4 members (excludes halogenated alkanes) is 3. The van der Waals surface area contributed by atoms with Gasteiger partial charge in [-0.05, 0) is 69.2 Å². The van der Waals surface area contributed by atoms with Gasteiger partial charge in [-0.3, -0.25) is 4.79 Å². The number of hydrogen-bond donors (Lipinski definition) is 1. The molecule has 1 saturated heterocycles. The minimum absolute atomic E-state index is 0. The monoisotopic (exact) mass is 352 g/mol. The number of carbonyl (C=O) groups excluding carboxylic acids is 1. The number of hydrogen-bond acceptors (Lipinski definition) is 2. The van der Waals surface area contributed by atoms with Crippen LogP contribution < -0.4 is 5.73 Å². The molecule has 0 aromatic heterocycles. The van der Waals surface area contributed by atoms with Gasteiger partial charge in [0, 0.05) is 13.0 Å². The van der Waals surface area contributed by atoms with Crippen molar-refractivity contribution in [2.75, 3.05) is 13.1 Å². The van der Waals surface area contributed by atoms with Crippen LogP contribution in [0.2, 0.25) is 0 Å². The van der Waals surface area contributed by atoms with Crippen molar-refractivity contribution in [1.82, 2.24) is 4.90 Å². The third-order valence-electron chi connectivity index (χ3n) is 5.17. The lowest BCUT2D eigenvalue weighted by atomic mass is 9.90. The quantitative estimate of drug-likeness (QED) is 0.723. The van der Waals surface area contributed by atoms with E-state index in [0.29, 0.717) is 12.3 Å². The first-order chi connectivity index (χ1) is 11.1. The summed E-state index contributed by atoms with van der Waals surface area (Å²) in [5.74, 6) is 0.336. The van der Waals surface area contributed by atoms with Gasteiger partial charge in [0.2, 0.25) is 5.91 Å². The first kappa shape index (κ1) is 21.0. The summed E-state index contributed by atoms with van der Waals surface area (Å²) < 4.78 is 0. The van der Waals surface area contributed by atoms with Crippen LogP contribution in [0.5, 0.6) is 0 Å². The molecule has 1 aromatic rings. The van der Waals surface area contributed by atoms with E-state index in [1.165, 1.54) is 23.1 Å². The summed E-state index contributed by atoms with van der Waals surface area (Å²) in [5, 5.41) is 0. The second-order valence-electron chi connectivity index (χ2n) is 6.84. The van der Waals surface area contributed by atoms with Gasteiger partial charge in [-0.1, -0.05) is 31.0 Å². The summed E-state index contributed by atoms with van der Waals surface area (Å²) in [5.41, 5.74) is 9.54. The Morgan fingerprint density at radius 3 is 2.67 bits per heavy atom. The van der Waals surface area contributed by atoms with E-state index in [-0.39, 0.29) is 18.4 Å². The fourth-order valence-electron chi connectivity index (χ4n) is 3.61. The van der Waals surface area contributed by atoms with E-state index < -0.39 is 0 Å². The molecule has 2 N–H and O–H groups in total. The summed E-state index contributed by atoms with van der Waals surface area (Å²) in [6.07, 6.45) is 8.47. The van der Waals surface area contributed by atoms with Crippen LogP contribution in [0.15, 0.2) is 18.2 Å². The summed E-state index contributed by atoms with van der Waals surface area (Å²) in [4.78, 5) is 14.9. The van der Waals surface area contributed by atoms with Crippen molar-refractivity contribution in [3.63, 3.8) is 0 Å². The van der Waals surface area contributed by atoms with Crippen molar-refractivity contribution in [2.24, 2.45) is 5.73 Å². The molecule has 0 spiro atoms. The zero-order valence-corrected chi connectivity index (χ0v) is 16.0. The molecule has 0 radical (unpaired) electrons. The van der Waals surface area contributed by atoms with Crippen LogP contribution in [0.4, 0.5) is 0 Å². The van der Waals surface area contributed by atoms with Crippen molar-refractivity contribution in [3.8, 4) is 0 Å². The highest BCUT2D eigenvalue weighted by molar-refractivity contribution is 5.85. The molecule has 3 nitrogen and oxygen atoms in total. The first-order valence-corrected chi connectivity index (χ1v) is 9.20. The molecule has 1 aromatic carbocycles. The third-order valence-corrected chi connectivity index (χ3v) is 5.17. The Kier molecular flexibility index (Phi) is 9.38. The number of benzene rings is 1. The maximum Gasteiger partial charge on any atom is 0.223 e. The van der Waals surface area contributed by atoms with Crippen LogP contribution in [-0.4, -0.2) is 23.9 Å². The average Bonchev–Trinajstić information content (AvgIpc) is 2.57. The highest BCUT2D eigenvalue weighted by Gasteiger charge is 2.28. The molecule has 24 heavy (non-hydrogen) atoms. The molecular weight excluding hydrogens is 320 g/mol. The van der Waals surface area contributed by atoms with Gasteiger partial charge in [0.15, 0.2) is 0 Å². The van der Waals surface area contributed by atoms with E-state index in [0.717, 1.165) is 51.6 Å². The second-order valence-corrected chi connectivity index (χ2v) is 6.84. The SMILES string of the molecule is Cc1cccc(C2CCCCN2C(=O)CCCCCCN)c1C.Cl. The van der Waals surface area contributed by atoms with Gasteiger partial charge in [0.25, 0.3) is 0 Å². The van der Waals surface area contributed by atoms with Crippen molar-refractivity contribution in [2.45, 2.75) is 71.3 Å². The lowest BCUT2D eigenvalue weighted by molar-refractivity contribution is -0.135. The van der Waals surface area contributed by atoms with E-state index in [9.17, 15) is 4.79 Å². The highest BCUT2D eigenvalue weighted by atomic mass is 35.5. The number of carbonyl (C=O) groups is 1. The standard InChI is InChI=1S/C20H32N2O.ClH/c1-16-10-9-11-18(17(16)2)19-12-6-8-15-22(19)20(23)13-5-3-4-7-14-21;/h9-11,19H,3-8,12-15,21H2,1-2H3;1H. The fourth-order valence-corrected chi connectivity index (χ4v) is 3.61. The number of nitrogens with two attached hydrogens (primary N) is 1. The van der Waals surface area contributed by atoms with Crippen LogP contribution in [0.3, 0.4) is 0 Å². The molecule has 1 aliphatic rings. The molecule has 1 atom stereocenters. The molecule has 1 amide bonds. The Labute approximate surface area is 153 Å². The van der Waals surface area contributed by atoms with Gasteiger partial charge in [-0.15, -0.1) is 12.4 Å². The maximum atomic E-state index is 12.7. The van der Waals surface area contributed by atoms with Gasteiger partial charge in [0.1, 0.15) is 0 Å². The summed E-state index contributed by atoms with van der Waals surface area (Å²) >= 11 is 0. The Balaban J connectivity index is 0.00000288. The molecule has 1 unspecified atom stereocenters. The lowest BCUT2D eigenvalue weighted by Gasteiger charge is -2.37. The smallest absolute Gasteiger partial charge is 0.223 e. The van der Waals surface area contributed by atoms with E-state index in [1.54, 1.807) is 0 Å². The van der Waals surface area contributed by atoms with E-state index in [4.69, 9.17) is 5.73 Å². The molecule has 2 rings (SSSR count). The van der Waals surface area contributed by atoms with Gasteiger partial charge >= 0.3 is 0 Å². The van der Waals surface area contributed by atoms with Crippen molar-refractivity contribution in [1.29, 1.82) is 0 Å². The molecule has 0 aliphatic carbocycles. The minimum atomic E-state index is 0. The predicted octanol–water partition coefficient (Wildman–Crippen LogP) is 4.69. The Hall–Kier alpha value is -1.06. The molecule has 4 heteroatoms. The van der Waals surface area contributed by atoms with E-state index in [1.807, 2.05) is 0 Å². The summed E-state index contributed by atoms with van der Waals surface area (Å²) in [6.45, 7) is 6.02. The molecule has 1 heterocycles. The van der Waals surface area contributed by atoms with E-state index >= 15 is 0 Å². The number of amides is 1. The van der Waals surface area contributed by atoms with Crippen molar-refractivity contribution >= 4 is 18.3 Å². The van der Waals surface area contributed by atoms with Gasteiger partial charge in [0.05, 0.1) is 6.04 Å². The third kappa shape index (κ3) is 5.49. The number of likely N-dealkylation sites (tertiary alicyclic amines) is 1. The zero-order chi connectivity index (χ0) is 16.7. The largest absolute Gasteiger partial charge is 0.336 e. The topological polar surface area (TPSA) is 46.3 Å². The van der Waals surface area contributed by atoms with Crippen LogP contribution in [0.25, 0.3) is 0 Å². The molecule has 0 saturated carbocycles. The van der Waals surface area contributed by atoms with Gasteiger partial charge in [-0.25, -0.2) is 0 Å². The Bertz CT molecular complexity index is 518. The normalized spacial score (nSPS) is 17.5. The second kappa shape index (κ2) is 10.7. The zero-order valence-electron chi connectivity index (χ0n) is 15.2. The summed E-state index contributed by atoms with van der Waals surface area (Å²) in [6, 6.07) is 6.77. The van der Waals surface area contributed by atoms with Crippen molar-refractivity contribution in [3.05, 3.63) is 34.9 Å². The van der Waals surface area contributed by atoms with Crippen LogP contribution >= 0.6 is 12.4 Å². The molecular formula is C20H33ClN2O. The fraction of sp³-hybridized carbons (Fsp3) is 0.650. The molecule has 136 valence electrons. The lowest BCUT2D eigenvalue weighted by Crippen LogP contribution is -2.38. The van der Waals surface area contributed by atoms with Gasteiger partial charge in [-0.2, -0.15) is 0 Å². The highest BCUT2D eigenvalue weighted by Crippen LogP contribution is 2.34. The minimum Gasteiger partial charge on any atom is -0.336 e. The Morgan fingerprint density at radius 2 is 1.92 bits per heavy atom. The van der Waals surface area contributed by atoms with Gasteiger partial charge < -0.3 is 10.6 Å². The number of aryl methyl sites for hydroxylation is 1. The number of piperidine rings is 1. The van der Waals surface area contributed by atoms with Crippen LogP contribution in [0, 0.1) is 13.8 Å². The van der Waals surface area contributed by atoms with E-state index in [2.05, 4.69) is 36.9 Å². The van der Waals surface area contributed by atoms with Crippen molar-refractivity contribution < 1.29 is 4.79 Å². The molecule has 1 fully saturated rings. The molecule has 0 bridgehead atoms. The van der Waals surface area contributed by atoms with Crippen LogP contribution in [-0.2, 0) is 4.79 Å². The number of nitrogens with zero attached hydrogens (tertiary/aromatic N) is 1. The number of halogens is 1.